The summed E-state index contributed by atoms with van der Waals surface area (Å²) in [4.78, 5) is 3.25. The Labute approximate surface area is 129 Å². The van der Waals surface area contributed by atoms with Crippen LogP contribution in [-0.2, 0) is 13.0 Å². The van der Waals surface area contributed by atoms with Crippen LogP contribution in [0, 0.1) is 11.7 Å². The van der Waals surface area contributed by atoms with Crippen molar-refractivity contribution in [3.05, 3.63) is 58.4 Å². The van der Waals surface area contributed by atoms with Crippen molar-refractivity contribution < 1.29 is 4.74 Å². The highest BCUT2D eigenvalue weighted by Gasteiger charge is 2.06. The Morgan fingerprint density at radius 3 is 2.76 bits per heavy atom. The van der Waals surface area contributed by atoms with Crippen LogP contribution in [0.1, 0.15) is 11.1 Å². The Balaban J connectivity index is 1.95. The molecule has 108 valence electrons. The number of aryl methyl sites for hydroxylation is 3. The lowest BCUT2D eigenvalue weighted by molar-refractivity contribution is 0.415. The van der Waals surface area contributed by atoms with Crippen LogP contribution in [0.3, 0.4) is 0 Å². The quantitative estimate of drug-likeness (QED) is 0.729. The third kappa shape index (κ3) is 2.72. The molecule has 0 amide bonds. The topological polar surface area (TPSA) is 29.9 Å². The predicted molar refractivity (Wildman–Crippen MR) is 88.6 cm³/mol. The lowest BCUT2D eigenvalue weighted by Gasteiger charge is -2.08. The summed E-state index contributed by atoms with van der Waals surface area (Å²) < 4.78 is 8.20. The first-order valence-electron chi connectivity index (χ1n) is 7.00. The van der Waals surface area contributed by atoms with Crippen LogP contribution in [0.15, 0.2) is 42.5 Å². The van der Waals surface area contributed by atoms with Crippen LogP contribution >= 0.6 is 12.2 Å². The molecular weight excluding hydrogens is 280 g/mol. The van der Waals surface area contributed by atoms with Crippen LogP contribution in [0.2, 0.25) is 0 Å². The van der Waals surface area contributed by atoms with Gasteiger partial charge < -0.3 is 14.3 Å². The zero-order valence-corrected chi connectivity index (χ0v) is 13.0. The standard InChI is InChI=1S/C17H18N2OS/c1-12-5-3-4-6-13(12)9-10-19-16-11-14(20-2)7-8-15(16)18-17(19)21/h3-8,11H,9-10H2,1-2H3,(H,18,21). The van der Waals surface area contributed by atoms with Gasteiger partial charge in [0.05, 0.1) is 18.1 Å². The Morgan fingerprint density at radius 2 is 2.00 bits per heavy atom. The van der Waals surface area contributed by atoms with Gasteiger partial charge in [-0.1, -0.05) is 24.3 Å². The van der Waals surface area contributed by atoms with E-state index < -0.39 is 0 Å². The Morgan fingerprint density at radius 1 is 1.19 bits per heavy atom. The van der Waals surface area contributed by atoms with Crippen molar-refractivity contribution >= 4 is 23.3 Å². The number of rotatable bonds is 4. The molecule has 0 aliphatic rings. The number of aromatic amines is 1. The molecular formula is C17H18N2OS. The maximum atomic E-state index is 5.45. The number of nitrogens with one attached hydrogen (secondary N) is 1. The van der Waals surface area contributed by atoms with Crippen LogP contribution in [0.25, 0.3) is 11.0 Å². The fraction of sp³-hybridized carbons (Fsp3) is 0.235. The molecule has 0 saturated heterocycles. The molecule has 0 fully saturated rings. The smallest absolute Gasteiger partial charge is 0.178 e. The second-order valence-electron chi connectivity index (χ2n) is 5.14. The summed E-state index contributed by atoms with van der Waals surface area (Å²) in [5.74, 6) is 0.848. The molecule has 1 N–H and O–H groups in total. The van der Waals surface area contributed by atoms with E-state index in [1.807, 2.05) is 18.2 Å². The zero-order chi connectivity index (χ0) is 14.8. The molecule has 3 aromatic rings. The van der Waals surface area contributed by atoms with E-state index in [2.05, 4.69) is 40.7 Å². The first-order valence-corrected chi connectivity index (χ1v) is 7.41. The van der Waals surface area contributed by atoms with E-state index in [0.717, 1.165) is 34.5 Å². The molecule has 21 heavy (non-hydrogen) atoms. The third-order valence-corrected chi connectivity index (χ3v) is 4.17. The van der Waals surface area contributed by atoms with E-state index in [0.29, 0.717) is 0 Å². The minimum atomic E-state index is 0.756. The van der Waals surface area contributed by atoms with Crippen LogP contribution in [0.4, 0.5) is 0 Å². The average Bonchev–Trinajstić information content (AvgIpc) is 2.81. The number of fused-ring (bicyclic) bond motifs is 1. The maximum Gasteiger partial charge on any atom is 0.178 e. The van der Waals surface area contributed by atoms with Crippen molar-refractivity contribution in [3.63, 3.8) is 0 Å². The molecule has 1 heterocycles. The molecule has 0 saturated carbocycles. The molecule has 2 aromatic carbocycles. The van der Waals surface area contributed by atoms with Gasteiger partial charge >= 0.3 is 0 Å². The normalized spacial score (nSPS) is 11.0. The second-order valence-corrected chi connectivity index (χ2v) is 5.53. The first kappa shape index (κ1) is 13.9. The Bertz CT molecular complexity index is 832. The van der Waals surface area contributed by atoms with Gasteiger partial charge in [0.2, 0.25) is 0 Å². The Kier molecular flexibility index (Phi) is 3.80. The number of ether oxygens (including phenoxy) is 1. The summed E-state index contributed by atoms with van der Waals surface area (Å²) in [6.07, 6.45) is 0.963. The highest BCUT2D eigenvalue weighted by Crippen LogP contribution is 2.21. The number of benzene rings is 2. The van der Waals surface area contributed by atoms with Crippen molar-refractivity contribution in [3.8, 4) is 5.75 Å². The lowest BCUT2D eigenvalue weighted by atomic mass is 10.1. The summed E-state index contributed by atoms with van der Waals surface area (Å²) in [7, 11) is 1.68. The minimum absolute atomic E-state index is 0.756. The van der Waals surface area contributed by atoms with Crippen molar-refractivity contribution in [1.82, 2.24) is 9.55 Å². The number of aromatic nitrogens is 2. The van der Waals surface area contributed by atoms with E-state index in [4.69, 9.17) is 17.0 Å². The van der Waals surface area contributed by atoms with Gasteiger partial charge in [0.15, 0.2) is 4.77 Å². The number of nitrogens with zero attached hydrogens (tertiary/aromatic N) is 1. The summed E-state index contributed by atoms with van der Waals surface area (Å²) in [6.45, 7) is 3.00. The average molecular weight is 298 g/mol. The monoisotopic (exact) mass is 298 g/mol. The largest absolute Gasteiger partial charge is 0.497 e. The lowest BCUT2D eigenvalue weighted by Crippen LogP contribution is -2.02. The van der Waals surface area contributed by atoms with E-state index in [1.54, 1.807) is 7.11 Å². The van der Waals surface area contributed by atoms with Crippen molar-refractivity contribution in [2.45, 2.75) is 19.9 Å². The molecule has 0 radical (unpaired) electrons. The molecule has 0 aliphatic carbocycles. The van der Waals surface area contributed by atoms with Gasteiger partial charge in [-0.3, -0.25) is 0 Å². The van der Waals surface area contributed by atoms with Crippen LogP contribution in [-0.4, -0.2) is 16.7 Å². The van der Waals surface area contributed by atoms with Crippen LogP contribution < -0.4 is 4.74 Å². The minimum Gasteiger partial charge on any atom is -0.497 e. The number of methoxy groups -OCH3 is 1. The van der Waals surface area contributed by atoms with Gasteiger partial charge in [-0.2, -0.15) is 0 Å². The highest BCUT2D eigenvalue weighted by molar-refractivity contribution is 7.71. The molecule has 4 heteroatoms. The highest BCUT2D eigenvalue weighted by atomic mass is 32.1. The van der Waals surface area contributed by atoms with Gasteiger partial charge in [-0.25, -0.2) is 0 Å². The number of imidazole rings is 1. The summed E-state index contributed by atoms with van der Waals surface area (Å²) >= 11 is 5.45. The van der Waals surface area contributed by atoms with Crippen LogP contribution in [0.5, 0.6) is 5.75 Å². The van der Waals surface area contributed by atoms with Crippen molar-refractivity contribution in [1.29, 1.82) is 0 Å². The maximum absolute atomic E-state index is 5.45. The van der Waals surface area contributed by atoms with E-state index in [1.165, 1.54) is 11.1 Å². The number of H-pyrrole nitrogens is 1. The SMILES string of the molecule is COc1ccc2[nH]c(=S)n(CCc3ccccc3C)c2c1. The third-order valence-electron chi connectivity index (χ3n) is 3.85. The van der Waals surface area contributed by atoms with Gasteiger partial charge in [0, 0.05) is 12.6 Å². The van der Waals surface area contributed by atoms with Gasteiger partial charge in [0.25, 0.3) is 0 Å². The predicted octanol–water partition coefficient (Wildman–Crippen LogP) is 4.26. The first-order chi connectivity index (χ1) is 10.2. The molecule has 1 aromatic heterocycles. The molecule has 0 aliphatic heterocycles. The molecule has 0 unspecified atom stereocenters. The molecule has 0 bridgehead atoms. The number of hydrogen-bond acceptors (Lipinski definition) is 2. The van der Waals surface area contributed by atoms with Crippen molar-refractivity contribution in [2.24, 2.45) is 0 Å². The summed E-state index contributed by atoms with van der Waals surface area (Å²) in [5.41, 5.74) is 4.82. The van der Waals surface area contributed by atoms with E-state index in [9.17, 15) is 0 Å². The van der Waals surface area contributed by atoms with Gasteiger partial charge in [-0.05, 0) is 48.8 Å². The molecule has 3 nitrogen and oxygen atoms in total. The zero-order valence-electron chi connectivity index (χ0n) is 12.2. The molecule has 0 spiro atoms. The molecule has 3 rings (SSSR count). The van der Waals surface area contributed by atoms with E-state index >= 15 is 0 Å². The summed E-state index contributed by atoms with van der Waals surface area (Å²) in [5, 5.41) is 0. The van der Waals surface area contributed by atoms with Crippen molar-refractivity contribution in [2.75, 3.05) is 7.11 Å². The van der Waals surface area contributed by atoms with Gasteiger partial charge in [-0.15, -0.1) is 0 Å². The Hall–Kier alpha value is -2.07. The molecule has 0 atom stereocenters. The van der Waals surface area contributed by atoms with E-state index in [-0.39, 0.29) is 0 Å². The second kappa shape index (κ2) is 5.74. The number of hydrogen-bond donors (Lipinski definition) is 1. The fourth-order valence-corrected chi connectivity index (χ4v) is 2.90. The summed E-state index contributed by atoms with van der Waals surface area (Å²) in [6, 6.07) is 14.5. The fourth-order valence-electron chi connectivity index (χ4n) is 2.60. The van der Waals surface area contributed by atoms with Gasteiger partial charge in [0.1, 0.15) is 5.75 Å².